The zero-order valence-electron chi connectivity index (χ0n) is 21.5. The lowest BCUT2D eigenvalue weighted by atomic mass is 10.1. The average molecular weight is 506 g/mol. The van der Waals surface area contributed by atoms with Crippen molar-refractivity contribution in [3.63, 3.8) is 0 Å². The van der Waals surface area contributed by atoms with Crippen LogP contribution in [0.3, 0.4) is 0 Å². The summed E-state index contributed by atoms with van der Waals surface area (Å²) in [5.74, 6) is -0.113. The van der Waals surface area contributed by atoms with Gasteiger partial charge < -0.3 is 19.3 Å². The Bertz CT molecular complexity index is 1110. The SMILES string of the molecule is CN1CCN(CCOc2ccc(CCN(Cc3ccccc3)C(=O)OCc3ccccc3)cc2F)CC1. The molecule has 0 spiro atoms. The van der Waals surface area contributed by atoms with Crippen LogP contribution in [-0.2, 0) is 24.3 Å². The van der Waals surface area contributed by atoms with Crippen molar-refractivity contribution < 1.29 is 18.7 Å². The number of benzene rings is 3. The summed E-state index contributed by atoms with van der Waals surface area (Å²) in [7, 11) is 2.12. The van der Waals surface area contributed by atoms with E-state index in [4.69, 9.17) is 9.47 Å². The van der Waals surface area contributed by atoms with Crippen molar-refractivity contribution in [1.82, 2.24) is 14.7 Å². The molecule has 0 radical (unpaired) electrons. The van der Waals surface area contributed by atoms with Crippen LogP contribution >= 0.6 is 0 Å². The Hall–Kier alpha value is -3.42. The van der Waals surface area contributed by atoms with Gasteiger partial charge in [0.1, 0.15) is 13.2 Å². The van der Waals surface area contributed by atoms with E-state index in [1.54, 1.807) is 11.0 Å². The van der Waals surface area contributed by atoms with E-state index in [2.05, 4.69) is 16.8 Å². The van der Waals surface area contributed by atoms with Crippen LogP contribution in [-0.4, -0.2) is 73.7 Å². The largest absolute Gasteiger partial charge is 0.489 e. The summed E-state index contributed by atoms with van der Waals surface area (Å²) in [4.78, 5) is 19.2. The molecule has 37 heavy (non-hydrogen) atoms. The van der Waals surface area contributed by atoms with E-state index in [0.717, 1.165) is 49.4 Å². The number of piperazine rings is 1. The van der Waals surface area contributed by atoms with Gasteiger partial charge in [0.15, 0.2) is 11.6 Å². The molecule has 196 valence electrons. The number of carbonyl (C=O) groups is 1. The van der Waals surface area contributed by atoms with E-state index in [9.17, 15) is 9.18 Å². The molecule has 1 fully saturated rings. The monoisotopic (exact) mass is 505 g/mol. The molecule has 7 heteroatoms. The quantitative estimate of drug-likeness (QED) is 0.373. The van der Waals surface area contributed by atoms with Gasteiger partial charge in [-0.1, -0.05) is 66.7 Å². The van der Waals surface area contributed by atoms with E-state index in [0.29, 0.717) is 26.1 Å². The topological polar surface area (TPSA) is 45.2 Å². The Morgan fingerprint density at radius 1 is 0.892 bits per heavy atom. The molecular weight excluding hydrogens is 469 g/mol. The van der Waals surface area contributed by atoms with Gasteiger partial charge in [0.05, 0.1) is 0 Å². The lowest BCUT2D eigenvalue weighted by molar-refractivity contribution is 0.0940. The van der Waals surface area contributed by atoms with Crippen LogP contribution in [0.1, 0.15) is 16.7 Å². The zero-order valence-corrected chi connectivity index (χ0v) is 21.5. The first kappa shape index (κ1) is 26.6. The van der Waals surface area contributed by atoms with Crippen LogP contribution in [0.2, 0.25) is 0 Å². The smallest absolute Gasteiger partial charge is 0.410 e. The molecule has 0 N–H and O–H groups in total. The van der Waals surface area contributed by atoms with Gasteiger partial charge in [-0.05, 0) is 42.3 Å². The molecule has 1 saturated heterocycles. The van der Waals surface area contributed by atoms with Gasteiger partial charge in [0.25, 0.3) is 0 Å². The van der Waals surface area contributed by atoms with Gasteiger partial charge in [-0.3, -0.25) is 4.90 Å². The highest BCUT2D eigenvalue weighted by Crippen LogP contribution is 2.19. The summed E-state index contributed by atoms with van der Waals surface area (Å²) in [6.07, 6.45) is 0.114. The maximum atomic E-state index is 14.8. The average Bonchev–Trinajstić information content (AvgIpc) is 2.93. The highest BCUT2D eigenvalue weighted by Gasteiger charge is 2.17. The summed E-state index contributed by atoms with van der Waals surface area (Å²) in [6, 6.07) is 24.4. The summed E-state index contributed by atoms with van der Waals surface area (Å²) < 4.78 is 26.1. The van der Waals surface area contributed by atoms with Gasteiger partial charge >= 0.3 is 6.09 Å². The summed E-state index contributed by atoms with van der Waals surface area (Å²) in [5, 5.41) is 0. The predicted octanol–water partition coefficient (Wildman–Crippen LogP) is 4.83. The fraction of sp³-hybridized carbons (Fsp3) is 0.367. The minimum Gasteiger partial charge on any atom is -0.489 e. The van der Waals surface area contributed by atoms with Crippen LogP contribution in [0.15, 0.2) is 78.9 Å². The third-order valence-corrected chi connectivity index (χ3v) is 6.61. The first-order valence-electron chi connectivity index (χ1n) is 12.9. The van der Waals surface area contributed by atoms with Crippen LogP contribution in [0, 0.1) is 5.82 Å². The van der Waals surface area contributed by atoms with Crippen molar-refractivity contribution in [3.05, 3.63) is 101 Å². The number of hydrogen-bond donors (Lipinski definition) is 0. The van der Waals surface area contributed by atoms with E-state index >= 15 is 0 Å². The van der Waals surface area contributed by atoms with Crippen molar-refractivity contribution >= 4 is 6.09 Å². The highest BCUT2D eigenvalue weighted by molar-refractivity contribution is 5.67. The second-order valence-corrected chi connectivity index (χ2v) is 9.46. The van der Waals surface area contributed by atoms with Crippen molar-refractivity contribution in [2.75, 3.05) is 52.9 Å². The van der Waals surface area contributed by atoms with E-state index in [1.807, 2.05) is 66.7 Å². The van der Waals surface area contributed by atoms with Gasteiger partial charge in [0, 0.05) is 45.8 Å². The number of carbonyl (C=O) groups excluding carboxylic acids is 1. The van der Waals surface area contributed by atoms with Crippen LogP contribution in [0.4, 0.5) is 9.18 Å². The Morgan fingerprint density at radius 2 is 1.57 bits per heavy atom. The fourth-order valence-electron chi connectivity index (χ4n) is 4.29. The van der Waals surface area contributed by atoms with E-state index in [1.165, 1.54) is 6.07 Å². The number of amides is 1. The number of halogens is 1. The molecule has 0 aromatic heterocycles. The summed E-state index contributed by atoms with van der Waals surface area (Å²) >= 11 is 0. The molecule has 3 aromatic carbocycles. The number of rotatable bonds is 11. The molecule has 0 unspecified atom stereocenters. The Balaban J connectivity index is 1.30. The van der Waals surface area contributed by atoms with E-state index in [-0.39, 0.29) is 18.2 Å². The predicted molar refractivity (Wildman–Crippen MR) is 143 cm³/mol. The molecule has 1 aliphatic heterocycles. The fourth-order valence-corrected chi connectivity index (χ4v) is 4.29. The maximum Gasteiger partial charge on any atom is 0.410 e. The lowest BCUT2D eigenvalue weighted by Gasteiger charge is -2.32. The Labute approximate surface area is 219 Å². The minimum absolute atomic E-state index is 0.208. The van der Waals surface area contributed by atoms with Gasteiger partial charge in [-0.2, -0.15) is 0 Å². The van der Waals surface area contributed by atoms with Crippen molar-refractivity contribution in [2.45, 2.75) is 19.6 Å². The number of nitrogens with zero attached hydrogens (tertiary/aromatic N) is 3. The summed E-state index contributed by atoms with van der Waals surface area (Å²) in [6.45, 7) is 6.39. The normalized spacial score (nSPS) is 14.3. The molecule has 3 aromatic rings. The van der Waals surface area contributed by atoms with Crippen LogP contribution < -0.4 is 4.74 Å². The molecule has 0 aliphatic carbocycles. The summed E-state index contributed by atoms with van der Waals surface area (Å²) in [5.41, 5.74) is 2.74. The minimum atomic E-state index is -0.392. The third-order valence-electron chi connectivity index (χ3n) is 6.61. The number of hydrogen-bond acceptors (Lipinski definition) is 5. The molecule has 1 heterocycles. The van der Waals surface area contributed by atoms with Crippen LogP contribution in [0.5, 0.6) is 5.75 Å². The second kappa shape index (κ2) is 13.8. The molecule has 0 atom stereocenters. The molecule has 0 saturated carbocycles. The first-order valence-corrected chi connectivity index (χ1v) is 12.9. The third kappa shape index (κ3) is 8.58. The highest BCUT2D eigenvalue weighted by atomic mass is 19.1. The number of ether oxygens (including phenoxy) is 2. The van der Waals surface area contributed by atoms with Crippen molar-refractivity contribution in [1.29, 1.82) is 0 Å². The molecule has 6 nitrogen and oxygen atoms in total. The number of likely N-dealkylation sites (N-methyl/N-ethyl adjacent to an activating group) is 1. The lowest BCUT2D eigenvalue weighted by Crippen LogP contribution is -2.45. The second-order valence-electron chi connectivity index (χ2n) is 9.46. The maximum absolute atomic E-state index is 14.8. The Kier molecular flexibility index (Phi) is 9.91. The van der Waals surface area contributed by atoms with Gasteiger partial charge in [0.2, 0.25) is 0 Å². The zero-order chi connectivity index (χ0) is 25.9. The standard InChI is InChI=1S/C30H36FN3O3/c1-32-16-18-33(19-17-32)20-21-36-29-13-12-25(22-28(29)31)14-15-34(23-26-8-4-2-5-9-26)30(35)37-24-27-10-6-3-7-11-27/h2-13,22H,14-21,23-24H2,1H3. The van der Waals surface area contributed by atoms with E-state index < -0.39 is 6.09 Å². The molecular formula is C30H36FN3O3. The van der Waals surface area contributed by atoms with Gasteiger partial charge in [-0.25, -0.2) is 9.18 Å². The van der Waals surface area contributed by atoms with Crippen molar-refractivity contribution in [3.8, 4) is 5.75 Å². The van der Waals surface area contributed by atoms with Gasteiger partial charge in [-0.15, -0.1) is 0 Å². The first-order chi connectivity index (χ1) is 18.1. The molecule has 1 aliphatic rings. The Morgan fingerprint density at radius 3 is 2.24 bits per heavy atom. The molecule has 1 amide bonds. The molecule has 4 rings (SSSR count). The molecule has 0 bridgehead atoms. The van der Waals surface area contributed by atoms with Crippen molar-refractivity contribution in [2.24, 2.45) is 0 Å². The van der Waals surface area contributed by atoms with Crippen LogP contribution in [0.25, 0.3) is 0 Å².